The molecule has 4 nitrogen and oxygen atoms in total. The number of alkyl halides is 2. The van der Waals surface area contributed by atoms with Crippen LogP contribution in [0.3, 0.4) is 0 Å². The summed E-state index contributed by atoms with van der Waals surface area (Å²) in [6.07, 6.45) is -2.21. The van der Waals surface area contributed by atoms with Crippen molar-refractivity contribution in [2.24, 2.45) is 0 Å². The zero-order valence-electron chi connectivity index (χ0n) is 14.3. The van der Waals surface area contributed by atoms with Crippen molar-refractivity contribution in [2.75, 3.05) is 0 Å². The summed E-state index contributed by atoms with van der Waals surface area (Å²) in [5, 5.41) is 1.12. The first-order valence-electron chi connectivity index (χ1n) is 8.34. The summed E-state index contributed by atoms with van der Waals surface area (Å²) in [6.45, 7) is 0. The lowest BCUT2D eigenvalue weighted by atomic mass is 10.1. The maximum atomic E-state index is 14.2. The summed E-state index contributed by atoms with van der Waals surface area (Å²) in [4.78, 5) is 7.35. The summed E-state index contributed by atoms with van der Waals surface area (Å²) in [6, 6.07) is 10.5. The van der Waals surface area contributed by atoms with E-state index in [0.717, 1.165) is 0 Å². The first-order valence-corrected chi connectivity index (χ1v) is 9.09. The maximum absolute atomic E-state index is 14.2. The molecule has 146 valence electrons. The van der Waals surface area contributed by atoms with Crippen molar-refractivity contribution in [2.45, 2.75) is 6.29 Å². The Kier molecular flexibility index (Phi) is 3.94. The molecule has 1 aliphatic rings. The normalized spacial score (nSPS) is 14.5. The Labute approximate surface area is 171 Å². The fourth-order valence-electron chi connectivity index (χ4n) is 3.25. The Balaban J connectivity index is 1.60. The highest BCUT2D eigenvalue weighted by Crippen LogP contribution is 2.46. The van der Waals surface area contributed by atoms with E-state index < -0.39 is 12.1 Å². The molecule has 0 amide bonds. The molecule has 2 aromatic heterocycles. The van der Waals surface area contributed by atoms with Crippen LogP contribution in [-0.2, 0) is 0 Å². The molecule has 2 aromatic carbocycles. The van der Waals surface area contributed by atoms with Crippen molar-refractivity contribution in [1.29, 1.82) is 0 Å². The molecule has 0 spiro atoms. The number of hydrogen-bond donors (Lipinski definition) is 1. The Morgan fingerprint density at radius 2 is 1.72 bits per heavy atom. The fraction of sp³-hybridized carbons (Fsp3) is 0.0500. The number of H-pyrrole nitrogens is 1. The molecule has 1 aliphatic heterocycles. The fourth-order valence-corrected chi connectivity index (χ4v) is 3.77. The lowest BCUT2D eigenvalue weighted by Crippen LogP contribution is -2.25. The molecule has 0 bridgehead atoms. The van der Waals surface area contributed by atoms with Gasteiger partial charge in [-0.15, -0.1) is 8.78 Å². The van der Waals surface area contributed by atoms with E-state index in [2.05, 4.69) is 19.4 Å². The topological polar surface area (TPSA) is 47.1 Å². The number of pyridine rings is 1. The Morgan fingerprint density at radius 3 is 2.48 bits per heavy atom. The average molecular weight is 437 g/mol. The van der Waals surface area contributed by atoms with E-state index in [9.17, 15) is 13.2 Å². The number of rotatable bonds is 2. The number of fused-ring (bicyclic) bond motifs is 2. The van der Waals surface area contributed by atoms with Gasteiger partial charge in [0.2, 0.25) is 0 Å². The minimum absolute atomic E-state index is 0.123. The van der Waals surface area contributed by atoms with Crippen LogP contribution in [0, 0.1) is 5.82 Å². The van der Waals surface area contributed by atoms with E-state index in [4.69, 9.17) is 23.2 Å². The summed E-state index contributed by atoms with van der Waals surface area (Å²) in [5.41, 5.74) is 2.20. The standard InChI is InChI=1S/C20H9Cl2F3N2O2/c21-12-2-1-3-14(23)18(12)15-5-9-4-10(8-26-19(9)27-15)11-6-16-17(7-13(11)22)29-20(24,25)28-16/h1-8H,(H,26,27). The second kappa shape index (κ2) is 6.30. The van der Waals surface area contributed by atoms with Crippen LogP contribution in [-0.4, -0.2) is 16.3 Å². The lowest BCUT2D eigenvalue weighted by molar-refractivity contribution is -0.286. The zero-order chi connectivity index (χ0) is 20.3. The molecular weight excluding hydrogens is 428 g/mol. The third-order valence-electron chi connectivity index (χ3n) is 4.50. The summed E-state index contributed by atoms with van der Waals surface area (Å²) < 4.78 is 49.7. The van der Waals surface area contributed by atoms with E-state index in [-0.39, 0.29) is 27.1 Å². The summed E-state index contributed by atoms with van der Waals surface area (Å²) in [7, 11) is 0. The predicted molar refractivity (Wildman–Crippen MR) is 103 cm³/mol. The van der Waals surface area contributed by atoms with E-state index in [1.807, 2.05) is 0 Å². The van der Waals surface area contributed by atoms with Crippen molar-refractivity contribution < 1.29 is 22.6 Å². The van der Waals surface area contributed by atoms with Crippen LogP contribution in [0.4, 0.5) is 13.2 Å². The van der Waals surface area contributed by atoms with Crippen LogP contribution in [0.15, 0.2) is 48.7 Å². The monoisotopic (exact) mass is 436 g/mol. The average Bonchev–Trinajstić information content (AvgIpc) is 3.18. The van der Waals surface area contributed by atoms with Gasteiger partial charge < -0.3 is 14.5 Å². The molecular formula is C20H9Cl2F3N2O2. The number of nitrogens with zero attached hydrogens (tertiary/aromatic N) is 1. The molecule has 1 N–H and O–H groups in total. The van der Waals surface area contributed by atoms with Gasteiger partial charge in [0.15, 0.2) is 11.5 Å². The number of ether oxygens (including phenoxy) is 2. The van der Waals surface area contributed by atoms with Crippen LogP contribution in [0.25, 0.3) is 33.4 Å². The molecule has 9 heteroatoms. The highest BCUT2D eigenvalue weighted by molar-refractivity contribution is 6.34. The number of benzene rings is 2. The van der Waals surface area contributed by atoms with Gasteiger partial charge in [0.05, 0.1) is 21.3 Å². The zero-order valence-corrected chi connectivity index (χ0v) is 15.8. The summed E-state index contributed by atoms with van der Waals surface area (Å²) in [5.74, 6) is -0.734. The number of hydrogen-bond acceptors (Lipinski definition) is 3. The molecule has 0 fully saturated rings. The first-order chi connectivity index (χ1) is 13.8. The van der Waals surface area contributed by atoms with Crippen LogP contribution in [0.5, 0.6) is 11.5 Å². The van der Waals surface area contributed by atoms with E-state index in [1.165, 1.54) is 30.5 Å². The number of nitrogens with one attached hydrogen (secondary N) is 1. The molecule has 5 rings (SSSR count). The molecule has 0 saturated heterocycles. The second-order valence-corrected chi connectivity index (χ2v) is 7.20. The van der Waals surface area contributed by atoms with Crippen molar-refractivity contribution in [3.05, 3.63) is 64.5 Å². The molecule has 0 unspecified atom stereocenters. The van der Waals surface area contributed by atoms with Crippen LogP contribution < -0.4 is 9.47 Å². The first kappa shape index (κ1) is 18.1. The van der Waals surface area contributed by atoms with E-state index in [0.29, 0.717) is 27.9 Å². The van der Waals surface area contributed by atoms with E-state index >= 15 is 0 Å². The van der Waals surface area contributed by atoms with Crippen LogP contribution in [0.1, 0.15) is 0 Å². The minimum atomic E-state index is -3.74. The third-order valence-corrected chi connectivity index (χ3v) is 5.13. The molecule has 29 heavy (non-hydrogen) atoms. The van der Waals surface area contributed by atoms with Gasteiger partial charge in [0.25, 0.3) is 0 Å². The highest BCUT2D eigenvalue weighted by Gasteiger charge is 2.43. The second-order valence-electron chi connectivity index (χ2n) is 6.39. The largest absolute Gasteiger partial charge is 0.586 e. The Hall–Kier alpha value is -2.90. The van der Waals surface area contributed by atoms with Gasteiger partial charge >= 0.3 is 6.29 Å². The van der Waals surface area contributed by atoms with Crippen molar-refractivity contribution >= 4 is 34.2 Å². The van der Waals surface area contributed by atoms with E-state index in [1.54, 1.807) is 18.2 Å². The molecule has 0 saturated carbocycles. The van der Waals surface area contributed by atoms with Gasteiger partial charge in [0, 0.05) is 28.8 Å². The minimum Gasteiger partial charge on any atom is -0.395 e. The predicted octanol–water partition coefficient (Wildman–Crippen LogP) is 6.66. The van der Waals surface area contributed by atoms with Gasteiger partial charge in [-0.05, 0) is 30.3 Å². The maximum Gasteiger partial charge on any atom is 0.586 e. The third kappa shape index (κ3) is 3.07. The van der Waals surface area contributed by atoms with Crippen molar-refractivity contribution in [3.63, 3.8) is 0 Å². The SMILES string of the molecule is Fc1cccc(Cl)c1-c1cc2cc(-c3cc4c(cc3Cl)OC(F)(F)O4)cnc2[nH]1. The molecule has 3 heterocycles. The highest BCUT2D eigenvalue weighted by atomic mass is 35.5. The van der Waals surface area contributed by atoms with Gasteiger partial charge in [-0.1, -0.05) is 29.3 Å². The lowest BCUT2D eigenvalue weighted by Gasteiger charge is -2.06. The molecule has 0 atom stereocenters. The molecule has 0 radical (unpaired) electrons. The van der Waals surface area contributed by atoms with Gasteiger partial charge in [-0.3, -0.25) is 0 Å². The Bertz CT molecular complexity index is 1270. The van der Waals surface area contributed by atoms with Gasteiger partial charge in [0.1, 0.15) is 11.5 Å². The van der Waals surface area contributed by atoms with Gasteiger partial charge in [-0.2, -0.15) is 0 Å². The summed E-state index contributed by atoms with van der Waals surface area (Å²) >= 11 is 12.4. The number of aromatic amines is 1. The van der Waals surface area contributed by atoms with Gasteiger partial charge in [-0.25, -0.2) is 9.37 Å². The van der Waals surface area contributed by atoms with Crippen LogP contribution in [0.2, 0.25) is 10.0 Å². The molecule has 4 aromatic rings. The quantitative estimate of drug-likeness (QED) is 0.381. The van der Waals surface area contributed by atoms with Crippen molar-refractivity contribution in [3.8, 4) is 33.9 Å². The van der Waals surface area contributed by atoms with Crippen LogP contribution >= 0.6 is 23.2 Å². The smallest absolute Gasteiger partial charge is 0.395 e. The number of aromatic nitrogens is 2. The number of halogens is 5. The Morgan fingerprint density at radius 1 is 0.966 bits per heavy atom. The van der Waals surface area contributed by atoms with Crippen molar-refractivity contribution in [1.82, 2.24) is 9.97 Å². The molecule has 0 aliphatic carbocycles.